The maximum absolute atomic E-state index is 5.86. The number of likely N-dealkylation sites (tertiary alicyclic amines) is 1. The summed E-state index contributed by atoms with van der Waals surface area (Å²) >= 11 is 0. The summed E-state index contributed by atoms with van der Waals surface area (Å²) in [6.07, 6.45) is 7.98. The van der Waals surface area contributed by atoms with E-state index in [1.165, 1.54) is 19.3 Å². The van der Waals surface area contributed by atoms with E-state index in [4.69, 9.17) is 5.73 Å². The van der Waals surface area contributed by atoms with E-state index in [0.29, 0.717) is 6.04 Å². The topological polar surface area (TPSA) is 46.6 Å². The molecule has 1 aliphatic heterocycles. The number of rotatable bonds is 3. The fourth-order valence-electron chi connectivity index (χ4n) is 2.81. The molecule has 1 atom stereocenters. The third-order valence-corrected chi connectivity index (χ3v) is 3.80. The number of fused-ring (bicyclic) bond motifs is 1. The second-order valence-corrected chi connectivity index (χ2v) is 5.05. The molecule has 2 aromatic heterocycles. The molecule has 0 aliphatic carbocycles. The highest BCUT2D eigenvalue weighted by Crippen LogP contribution is 2.18. The zero-order valence-corrected chi connectivity index (χ0v) is 10.6. The minimum Gasteiger partial charge on any atom is -0.329 e. The van der Waals surface area contributed by atoms with Crippen LogP contribution < -0.4 is 5.73 Å². The Morgan fingerprint density at radius 3 is 3.11 bits per heavy atom. The van der Waals surface area contributed by atoms with Crippen LogP contribution in [0.1, 0.15) is 25.0 Å². The molecular weight excluding hydrogens is 224 g/mol. The number of pyridine rings is 1. The van der Waals surface area contributed by atoms with Gasteiger partial charge in [0.1, 0.15) is 5.65 Å². The molecule has 0 radical (unpaired) electrons. The lowest BCUT2D eigenvalue weighted by Crippen LogP contribution is -2.43. The highest BCUT2D eigenvalue weighted by atomic mass is 15.2. The molecule has 1 fully saturated rings. The third kappa shape index (κ3) is 2.26. The van der Waals surface area contributed by atoms with Gasteiger partial charge in [0.2, 0.25) is 0 Å². The molecular formula is C14H20N4. The minimum atomic E-state index is 0.531. The fourth-order valence-corrected chi connectivity index (χ4v) is 2.81. The van der Waals surface area contributed by atoms with Crippen LogP contribution in [0.5, 0.6) is 0 Å². The van der Waals surface area contributed by atoms with E-state index in [0.717, 1.165) is 31.0 Å². The van der Waals surface area contributed by atoms with E-state index >= 15 is 0 Å². The molecule has 96 valence electrons. The number of aromatic nitrogens is 2. The fraction of sp³-hybridized carbons (Fsp3) is 0.500. The number of piperidine rings is 1. The molecule has 1 saturated heterocycles. The second-order valence-electron chi connectivity index (χ2n) is 5.05. The predicted octanol–water partition coefficient (Wildman–Crippen LogP) is 1.65. The first-order valence-electron chi connectivity index (χ1n) is 6.73. The van der Waals surface area contributed by atoms with E-state index in [9.17, 15) is 0 Å². The van der Waals surface area contributed by atoms with Crippen LogP contribution in [-0.4, -0.2) is 33.4 Å². The highest BCUT2D eigenvalue weighted by molar-refractivity contribution is 5.39. The Morgan fingerprint density at radius 2 is 2.28 bits per heavy atom. The van der Waals surface area contributed by atoms with Crippen molar-refractivity contribution in [3.05, 3.63) is 36.3 Å². The smallest absolute Gasteiger partial charge is 0.137 e. The lowest BCUT2D eigenvalue weighted by atomic mass is 10.0. The van der Waals surface area contributed by atoms with Crippen LogP contribution >= 0.6 is 0 Å². The van der Waals surface area contributed by atoms with Crippen LogP contribution in [0.4, 0.5) is 0 Å². The van der Waals surface area contributed by atoms with Crippen molar-refractivity contribution in [2.75, 3.05) is 13.1 Å². The summed E-state index contributed by atoms with van der Waals surface area (Å²) in [7, 11) is 0. The summed E-state index contributed by atoms with van der Waals surface area (Å²) in [4.78, 5) is 7.13. The van der Waals surface area contributed by atoms with Crippen molar-refractivity contribution >= 4 is 5.65 Å². The van der Waals surface area contributed by atoms with Gasteiger partial charge in [-0.2, -0.15) is 0 Å². The first kappa shape index (κ1) is 11.7. The number of hydrogen-bond donors (Lipinski definition) is 1. The summed E-state index contributed by atoms with van der Waals surface area (Å²) in [5.74, 6) is 0. The number of imidazole rings is 1. The second kappa shape index (κ2) is 5.08. The van der Waals surface area contributed by atoms with Gasteiger partial charge in [-0.25, -0.2) is 4.98 Å². The van der Waals surface area contributed by atoms with E-state index in [2.05, 4.69) is 20.5 Å². The zero-order valence-electron chi connectivity index (χ0n) is 10.6. The van der Waals surface area contributed by atoms with Gasteiger partial charge in [-0.3, -0.25) is 4.90 Å². The van der Waals surface area contributed by atoms with Crippen molar-refractivity contribution < 1.29 is 0 Å². The van der Waals surface area contributed by atoms with E-state index in [1.54, 1.807) is 0 Å². The number of hydrogen-bond acceptors (Lipinski definition) is 3. The van der Waals surface area contributed by atoms with Crippen LogP contribution in [0.25, 0.3) is 5.65 Å². The Morgan fingerprint density at radius 1 is 1.33 bits per heavy atom. The highest BCUT2D eigenvalue weighted by Gasteiger charge is 2.21. The van der Waals surface area contributed by atoms with Crippen molar-refractivity contribution in [2.24, 2.45) is 5.73 Å². The van der Waals surface area contributed by atoms with Gasteiger partial charge < -0.3 is 10.1 Å². The molecule has 3 heterocycles. The Hall–Kier alpha value is -1.39. The van der Waals surface area contributed by atoms with Gasteiger partial charge in [0, 0.05) is 31.5 Å². The molecule has 2 N–H and O–H groups in total. The standard InChI is InChI=1S/C14H20N4/c15-9-13-5-1-3-7-17(13)10-12-11-18-8-4-2-6-14(18)16-12/h2,4,6,8,11,13H,1,3,5,7,9-10,15H2. The SMILES string of the molecule is NCC1CCCCN1Cc1cn2ccccc2n1. The summed E-state index contributed by atoms with van der Waals surface area (Å²) in [5.41, 5.74) is 8.02. The van der Waals surface area contributed by atoms with Crippen LogP contribution in [0.2, 0.25) is 0 Å². The summed E-state index contributed by atoms with van der Waals surface area (Å²) in [6.45, 7) is 2.83. The van der Waals surface area contributed by atoms with Crippen molar-refractivity contribution in [1.82, 2.24) is 14.3 Å². The maximum atomic E-state index is 5.86. The Kier molecular flexibility index (Phi) is 3.30. The minimum absolute atomic E-state index is 0.531. The molecule has 18 heavy (non-hydrogen) atoms. The van der Waals surface area contributed by atoms with E-state index in [1.807, 2.05) is 24.4 Å². The summed E-state index contributed by atoms with van der Waals surface area (Å²) < 4.78 is 2.08. The summed E-state index contributed by atoms with van der Waals surface area (Å²) in [5, 5.41) is 0. The largest absolute Gasteiger partial charge is 0.329 e. The molecule has 3 rings (SSSR count). The van der Waals surface area contributed by atoms with Gasteiger partial charge in [-0.05, 0) is 31.5 Å². The van der Waals surface area contributed by atoms with Crippen molar-refractivity contribution in [3.8, 4) is 0 Å². The average Bonchev–Trinajstić information content (AvgIpc) is 2.81. The molecule has 4 heteroatoms. The van der Waals surface area contributed by atoms with Crippen molar-refractivity contribution in [2.45, 2.75) is 31.8 Å². The molecule has 0 bridgehead atoms. The molecule has 0 spiro atoms. The molecule has 0 amide bonds. The van der Waals surface area contributed by atoms with Gasteiger partial charge in [-0.15, -0.1) is 0 Å². The first-order valence-corrected chi connectivity index (χ1v) is 6.73. The van der Waals surface area contributed by atoms with Crippen LogP contribution in [0.15, 0.2) is 30.6 Å². The normalized spacial score (nSPS) is 21.5. The molecule has 0 saturated carbocycles. The van der Waals surface area contributed by atoms with E-state index in [-0.39, 0.29) is 0 Å². The van der Waals surface area contributed by atoms with Crippen LogP contribution in [-0.2, 0) is 6.54 Å². The van der Waals surface area contributed by atoms with Crippen LogP contribution in [0.3, 0.4) is 0 Å². The Bertz CT molecular complexity index is 486. The molecule has 1 unspecified atom stereocenters. The maximum Gasteiger partial charge on any atom is 0.137 e. The number of nitrogens with zero attached hydrogens (tertiary/aromatic N) is 3. The Balaban J connectivity index is 1.78. The third-order valence-electron chi connectivity index (χ3n) is 3.80. The van der Waals surface area contributed by atoms with Crippen LogP contribution in [0, 0.1) is 0 Å². The van der Waals surface area contributed by atoms with Gasteiger partial charge in [0.05, 0.1) is 5.69 Å². The van der Waals surface area contributed by atoms with Crippen molar-refractivity contribution in [1.29, 1.82) is 0 Å². The Labute approximate surface area is 107 Å². The quantitative estimate of drug-likeness (QED) is 0.893. The molecule has 4 nitrogen and oxygen atoms in total. The zero-order chi connectivity index (χ0) is 12.4. The molecule has 1 aliphatic rings. The van der Waals surface area contributed by atoms with Gasteiger partial charge in [-0.1, -0.05) is 12.5 Å². The summed E-state index contributed by atoms with van der Waals surface area (Å²) in [6, 6.07) is 6.63. The lowest BCUT2D eigenvalue weighted by Gasteiger charge is -2.34. The monoisotopic (exact) mass is 244 g/mol. The lowest BCUT2D eigenvalue weighted by molar-refractivity contribution is 0.143. The first-order chi connectivity index (χ1) is 8.86. The van der Waals surface area contributed by atoms with Crippen molar-refractivity contribution in [3.63, 3.8) is 0 Å². The predicted molar refractivity (Wildman–Crippen MR) is 72.3 cm³/mol. The number of nitrogens with two attached hydrogens (primary N) is 1. The van der Waals surface area contributed by atoms with Gasteiger partial charge >= 0.3 is 0 Å². The average molecular weight is 244 g/mol. The van der Waals surface area contributed by atoms with Gasteiger partial charge in [0.25, 0.3) is 0 Å². The van der Waals surface area contributed by atoms with Gasteiger partial charge in [0.15, 0.2) is 0 Å². The molecule has 0 aromatic carbocycles. The van der Waals surface area contributed by atoms with E-state index < -0.39 is 0 Å². The molecule has 2 aromatic rings.